The first-order chi connectivity index (χ1) is 14.4. The maximum absolute atomic E-state index is 13.3. The molecule has 1 aromatic heterocycles. The van der Waals surface area contributed by atoms with Crippen molar-refractivity contribution in [2.75, 3.05) is 33.4 Å². The smallest absolute Gasteiger partial charge is 0.315 e. The second-order valence-electron chi connectivity index (χ2n) is 8.16. The minimum Gasteiger partial charge on any atom is -0.375 e. The van der Waals surface area contributed by atoms with E-state index in [0.717, 1.165) is 12.0 Å². The number of hydrogen-bond donors (Lipinski definition) is 3. The van der Waals surface area contributed by atoms with Crippen LogP contribution in [-0.2, 0) is 20.9 Å². The van der Waals surface area contributed by atoms with E-state index >= 15 is 0 Å². The van der Waals surface area contributed by atoms with Gasteiger partial charge in [0.15, 0.2) is 0 Å². The van der Waals surface area contributed by atoms with Crippen molar-refractivity contribution in [1.29, 1.82) is 0 Å². The monoisotopic (exact) mass is 437 g/mol. The molecule has 2 aliphatic heterocycles. The van der Waals surface area contributed by atoms with Gasteiger partial charge in [0.1, 0.15) is 12.6 Å². The quantitative estimate of drug-likeness (QED) is 0.545. The lowest BCUT2D eigenvalue weighted by molar-refractivity contribution is -0.144. The lowest BCUT2D eigenvalue weighted by atomic mass is 10.0. The Bertz CT molecular complexity index is 742. The number of methoxy groups -OCH3 is 1. The van der Waals surface area contributed by atoms with Crippen LogP contribution in [0.15, 0.2) is 16.8 Å². The summed E-state index contributed by atoms with van der Waals surface area (Å²) < 4.78 is 4.86. The van der Waals surface area contributed by atoms with Gasteiger partial charge in [0.25, 0.3) is 0 Å². The highest BCUT2D eigenvalue weighted by Crippen LogP contribution is 2.27. The van der Waals surface area contributed by atoms with Crippen LogP contribution >= 0.6 is 11.3 Å². The fraction of sp³-hybridized carbons (Fsp3) is 0.650. The summed E-state index contributed by atoms with van der Waals surface area (Å²) in [7, 11) is 1.46. The van der Waals surface area contributed by atoms with Crippen LogP contribution in [-0.4, -0.2) is 85.2 Å². The van der Waals surface area contributed by atoms with Crippen molar-refractivity contribution in [1.82, 2.24) is 25.8 Å². The fourth-order valence-corrected chi connectivity index (χ4v) is 4.76. The highest BCUT2D eigenvalue weighted by molar-refractivity contribution is 7.07. The van der Waals surface area contributed by atoms with Crippen LogP contribution < -0.4 is 16.0 Å². The Morgan fingerprint density at radius 3 is 2.80 bits per heavy atom. The van der Waals surface area contributed by atoms with E-state index in [4.69, 9.17) is 4.74 Å². The van der Waals surface area contributed by atoms with Gasteiger partial charge >= 0.3 is 6.03 Å². The van der Waals surface area contributed by atoms with Crippen LogP contribution in [0, 0.1) is 0 Å². The van der Waals surface area contributed by atoms with Crippen molar-refractivity contribution >= 4 is 29.2 Å². The van der Waals surface area contributed by atoms with Crippen molar-refractivity contribution in [2.24, 2.45) is 0 Å². The van der Waals surface area contributed by atoms with Gasteiger partial charge in [-0.1, -0.05) is 0 Å². The molecule has 4 amide bonds. The standard InChI is InChI=1S/C20H31N5O4S/c1-13(2)22-20(28)23-15-6-16-10-24(8-14-4-5-30-12-14)17(19(27)25(16)9-15)7-21-18(26)11-29-3/h4-5,12-13,15-17H,6-11H2,1-3H3,(H,21,26)(H2,22,23,28)/t15-,16-,17-/m0/s1. The minimum atomic E-state index is -0.440. The van der Waals surface area contributed by atoms with Crippen molar-refractivity contribution in [3.05, 3.63) is 22.4 Å². The van der Waals surface area contributed by atoms with E-state index in [2.05, 4.69) is 32.3 Å². The van der Waals surface area contributed by atoms with Crippen LogP contribution in [0.25, 0.3) is 0 Å². The highest BCUT2D eigenvalue weighted by Gasteiger charge is 2.45. The number of carbonyl (C=O) groups excluding carboxylic acids is 3. The molecule has 9 nitrogen and oxygen atoms in total. The average molecular weight is 438 g/mol. The number of ether oxygens (including phenoxy) is 1. The molecule has 3 N–H and O–H groups in total. The van der Waals surface area contributed by atoms with Crippen LogP contribution in [0.1, 0.15) is 25.8 Å². The molecule has 0 unspecified atom stereocenters. The number of hydrogen-bond acceptors (Lipinski definition) is 6. The first-order valence-corrected chi connectivity index (χ1v) is 11.2. The maximum Gasteiger partial charge on any atom is 0.315 e. The van der Waals surface area contributed by atoms with Gasteiger partial charge < -0.3 is 25.6 Å². The first kappa shape index (κ1) is 22.5. The molecule has 2 saturated heterocycles. The molecule has 2 aliphatic rings. The summed E-state index contributed by atoms with van der Waals surface area (Å²) in [5.74, 6) is -0.248. The second kappa shape index (κ2) is 10.2. The molecular formula is C20H31N5O4S. The van der Waals surface area contributed by atoms with E-state index < -0.39 is 6.04 Å². The van der Waals surface area contributed by atoms with Gasteiger partial charge in [-0.05, 0) is 42.7 Å². The molecule has 30 heavy (non-hydrogen) atoms. The summed E-state index contributed by atoms with van der Waals surface area (Å²) in [5.41, 5.74) is 1.15. The Balaban J connectivity index is 1.67. The summed E-state index contributed by atoms with van der Waals surface area (Å²) in [4.78, 5) is 41.2. The molecule has 3 atom stereocenters. The molecule has 3 heterocycles. The molecule has 0 bridgehead atoms. The molecule has 0 radical (unpaired) electrons. The second-order valence-corrected chi connectivity index (χ2v) is 8.94. The number of amides is 4. The summed E-state index contributed by atoms with van der Waals surface area (Å²) >= 11 is 1.62. The summed E-state index contributed by atoms with van der Waals surface area (Å²) in [6.45, 7) is 5.86. The van der Waals surface area contributed by atoms with E-state index in [-0.39, 0.29) is 49.1 Å². The average Bonchev–Trinajstić information content (AvgIpc) is 3.30. The lowest BCUT2D eigenvalue weighted by Crippen LogP contribution is -2.62. The normalized spacial score (nSPS) is 24.1. The maximum atomic E-state index is 13.3. The number of carbonyl (C=O) groups is 3. The van der Waals surface area contributed by atoms with Crippen molar-refractivity contribution in [3.63, 3.8) is 0 Å². The third kappa shape index (κ3) is 5.71. The zero-order valence-electron chi connectivity index (χ0n) is 17.7. The van der Waals surface area contributed by atoms with E-state index in [9.17, 15) is 14.4 Å². The summed E-state index contributed by atoms with van der Waals surface area (Å²) in [5, 5.41) is 12.7. The summed E-state index contributed by atoms with van der Waals surface area (Å²) in [6, 6.07) is 1.42. The number of nitrogens with zero attached hydrogens (tertiary/aromatic N) is 2. The van der Waals surface area contributed by atoms with Crippen molar-refractivity contribution in [2.45, 2.75) is 51.0 Å². The largest absolute Gasteiger partial charge is 0.375 e. The van der Waals surface area contributed by atoms with Gasteiger partial charge in [0, 0.05) is 45.4 Å². The van der Waals surface area contributed by atoms with E-state index in [1.165, 1.54) is 7.11 Å². The van der Waals surface area contributed by atoms with Crippen LogP contribution in [0.4, 0.5) is 4.79 Å². The minimum absolute atomic E-state index is 0.00670. The van der Waals surface area contributed by atoms with E-state index in [1.54, 1.807) is 11.3 Å². The zero-order chi connectivity index (χ0) is 21.7. The van der Waals surface area contributed by atoms with E-state index in [0.29, 0.717) is 19.6 Å². The molecule has 166 valence electrons. The third-order valence-corrected chi connectivity index (χ3v) is 6.09. The molecule has 0 aliphatic carbocycles. The number of urea groups is 1. The van der Waals surface area contributed by atoms with Crippen LogP contribution in [0.2, 0.25) is 0 Å². The van der Waals surface area contributed by atoms with Crippen molar-refractivity contribution < 1.29 is 19.1 Å². The third-order valence-electron chi connectivity index (χ3n) is 5.36. The van der Waals surface area contributed by atoms with Crippen LogP contribution in [0.3, 0.4) is 0 Å². The van der Waals surface area contributed by atoms with Crippen molar-refractivity contribution in [3.8, 4) is 0 Å². The Hall–Kier alpha value is -2.17. The number of piperazine rings is 1. The molecule has 1 aromatic rings. The topological polar surface area (TPSA) is 103 Å². The predicted octanol–water partition coefficient (Wildman–Crippen LogP) is 0.372. The van der Waals surface area contributed by atoms with Gasteiger partial charge in [-0.15, -0.1) is 0 Å². The molecule has 0 spiro atoms. The van der Waals surface area contributed by atoms with E-state index in [1.807, 2.05) is 24.1 Å². The molecule has 0 aromatic carbocycles. The number of rotatable bonds is 8. The number of nitrogens with one attached hydrogen (secondary N) is 3. The van der Waals surface area contributed by atoms with Gasteiger partial charge in [0.05, 0.1) is 6.04 Å². The lowest BCUT2D eigenvalue weighted by Gasteiger charge is -2.42. The predicted molar refractivity (Wildman–Crippen MR) is 114 cm³/mol. The molecular weight excluding hydrogens is 406 g/mol. The summed E-state index contributed by atoms with van der Waals surface area (Å²) in [6.07, 6.45) is 0.722. The first-order valence-electron chi connectivity index (χ1n) is 10.3. The number of thiophene rings is 1. The SMILES string of the molecule is COCC(=O)NC[C@H]1C(=O)N2C[C@@H](NC(=O)NC(C)C)C[C@H]2CN1Cc1ccsc1. The van der Waals surface area contributed by atoms with Gasteiger partial charge in [0.2, 0.25) is 11.8 Å². The molecule has 3 rings (SSSR count). The molecule has 0 saturated carbocycles. The zero-order valence-corrected chi connectivity index (χ0v) is 18.5. The Morgan fingerprint density at radius 2 is 2.13 bits per heavy atom. The Morgan fingerprint density at radius 1 is 1.33 bits per heavy atom. The molecule has 10 heteroatoms. The van der Waals surface area contributed by atoms with Gasteiger partial charge in [-0.2, -0.15) is 11.3 Å². The van der Waals surface area contributed by atoms with Crippen LogP contribution in [0.5, 0.6) is 0 Å². The van der Waals surface area contributed by atoms with Gasteiger partial charge in [-0.3, -0.25) is 14.5 Å². The number of fused-ring (bicyclic) bond motifs is 1. The highest BCUT2D eigenvalue weighted by atomic mass is 32.1. The Kier molecular flexibility index (Phi) is 7.68. The van der Waals surface area contributed by atoms with Gasteiger partial charge in [-0.25, -0.2) is 4.79 Å². The molecule has 2 fully saturated rings. The Labute approximate surface area is 181 Å². The fourth-order valence-electron chi connectivity index (χ4n) is 4.10.